The Labute approximate surface area is 82.4 Å². The summed E-state index contributed by atoms with van der Waals surface area (Å²) in [6, 6.07) is 0.0399. The first-order valence-corrected chi connectivity index (χ1v) is 4.89. The third-order valence-electron chi connectivity index (χ3n) is 2.00. The number of amides is 2. The van der Waals surface area contributed by atoms with E-state index >= 15 is 0 Å². The average molecular weight is 189 g/mol. The van der Waals surface area contributed by atoms with Crippen LogP contribution in [0.2, 0.25) is 0 Å². The average Bonchev–Trinajstić information content (AvgIpc) is 2.21. The van der Waals surface area contributed by atoms with Crippen LogP contribution in [0.4, 0.5) is 4.79 Å². The van der Waals surface area contributed by atoms with E-state index in [0.717, 1.165) is 26.2 Å². The minimum absolute atomic E-state index is 0. The monoisotopic (exact) mass is 189 g/mol. The zero-order valence-corrected chi connectivity index (χ0v) is 9.13. The molecule has 1 rings (SSSR count). The molecule has 4 heteroatoms. The standard InChI is InChI=1S/C7H15N3O.C2H6.H2/c1-8-7(11)10-5-3-9(2)4-6-10;1-2;/h3-6H2,1-2H3,(H,8,11);1-2H3;1H. The SMILES string of the molecule is CC.CNC(=O)N1CCN(C)CC1.[HH]. The van der Waals surface area contributed by atoms with Crippen molar-refractivity contribution in [3.63, 3.8) is 0 Å². The molecule has 0 bridgehead atoms. The maximum absolute atomic E-state index is 11.1. The molecule has 1 saturated heterocycles. The molecule has 0 aromatic carbocycles. The van der Waals surface area contributed by atoms with E-state index in [1.807, 2.05) is 18.7 Å². The quantitative estimate of drug-likeness (QED) is 0.613. The van der Waals surface area contributed by atoms with Gasteiger partial charge in [0.1, 0.15) is 0 Å². The van der Waals surface area contributed by atoms with Gasteiger partial charge in [0, 0.05) is 34.7 Å². The van der Waals surface area contributed by atoms with Crippen molar-refractivity contribution >= 4 is 6.03 Å². The highest BCUT2D eigenvalue weighted by Gasteiger charge is 2.16. The van der Waals surface area contributed by atoms with Crippen molar-refractivity contribution in [2.24, 2.45) is 0 Å². The topological polar surface area (TPSA) is 35.6 Å². The third-order valence-corrected chi connectivity index (χ3v) is 2.00. The van der Waals surface area contributed by atoms with Crippen molar-refractivity contribution in [3.05, 3.63) is 0 Å². The van der Waals surface area contributed by atoms with Crippen molar-refractivity contribution in [3.8, 4) is 0 Å². The molecular weight excluding hydrogens is 166 g/mol. The summed E-state index contributed by atoms with van der Waals surface area (Å²) in [4.78, 5) is 15.1. The summed E-state index contributed by atoms with van der Waals surface area (Å²) in [5.74, 6) is 0. The van der Waals surface area contributed by atoms with Gasteiger partial charge in [0.05, 0.1) is 0 Å². The fourth-order valence-corrected chi connectivity index (χ4v) is 1.17. The first-order valence-electron chi connectivity index (χ1n) is 4.89. The van der Waals surface area contributed by atoms with Crippen molar-refractivity contribution in [1.82, 2.24) is 15.1 Å². The van der Waals surface area contributed by atoms with Gasteiger partial charge in [0.15, 0.2) is 0 Å². The molecule has 0 aromatic rings. The normalized spacial score (nSPS) is 17.4. The first kappa shape index (κ1) is 12.2. The Hall–Kier alpha value is -0.770. The third kappa shape index (κ3) is 4.12. The first-order chi connectivity index (χ1) is 6.24. The molecule has 0 saturated carbocycles. The van der Waals surface area contributed by atoms with Crippen LogP contribution in [0.3, 0.4) is 0 Å². The number of hydrogen-bond acceptors (Lipinski definition) is 2. The van der Waals surface area contributed by atoms with Crippen LogP contribution < -0.4 is 5.32 Å². The fourth-order valence-electron chi connectivity index (χ4n) is 1.17. The van der Waals surface area contributed by atoms with E-state index in [0.29, 0.717) is 0 Å². The zero-order valence-electron chi connectivity index (χ0n) is 9.13. The van der Waals surface area contributed by atoms with E-state index in [4.69, 9.17) is 0 Å². The summed E-state index contributed by atoms with van der Waals surface area (Å²) in [6.07, 6.45) is 0. The molecule has 2 amide bonds. The maximum atomic E-state index is 11.1. The molecule has 13 heavy (non-hydrogen) atoms. The second-order valence-corrected chi connectivity index (χ2v) is 2.85. The minimum atomic E-state index is 0. The molecule has 1 aliphatic rings. The Bertz CT molecular complexity index is 147. The summed E-state index contributed by atoms with van der Waals surface area (Å²) in [6.45, 7) is 7.65. The largest absolute Gasteiger partial charge is 0.341 e. The Balaban J connectivity index is 0. The second kappa shape index (κ2) is 6.71. The predicted octanol–water partition coefficient (Wildman–Crippen LogP) is 0.845. The van der Waals surface area contributed by atoms with Crippen molar-refractivity contribution < 1.29 is 6.22 Å². The predicted molar refractivity (Wildman–Crippen MR) is 57.0 cm³/mol. The molecule has 1 heterocycles. The lowest BCUT2D eigenvalue weighted by molar-refractivity contribution is 0.156. The van der Waals surface area contributed by atoms with Gasteiger partial charge in [-0.05, 0) is 7.05 Å². The Morgan fingerprint density at radius 3 is 2.08 bits per heavy atom. The minimum Gasteiger partial charge on any atom is -0.341 e. The molecule has 1 aliphatic heterocycles. The lowest BCUT2D eigenvalue weighted by atomic mass is 10.3. The van der Waals surface area contributed by atoms with Crippen LogP contribution in [0.15, 0.2) is 0 Å². The summed E-state index contributed by atoms with van der Waals surface area (Å²) in [5, 5.41) is 2.62. The lowest BCUT2D eigenvalue weighted by Gasteiger charge is -2.31. The Kier molecular flexibility index (Phi) is 6.32. The molecule has 0 unspecified atom stereocenters. The van der Waals surface area contributed by atoms with Crippen LogP contribution in [0, 0.1) is 0 Å². The number of rotatable bonds is 0. The zero-order chi connectivity index (χ0) is 10.3. The highest BCUT2D eigenvalue weighted by molar-refractivity contribution is 5.73. The van der Waals surface area contributed by atoms with E-state index < -0.39 is 0 Å². The van der Waals surface area contributed by atoms with Gasteiger partial charge in [-0.25, -0.2) is 4.79 Å². The van der Waals surface area contributed by atoms with Gasteiger partial charge in [0.25, 0.3) is 0 Å². The van der Waals surface area contributed by atoms with Crippen molar-refractivity contribution in [1.29, 1.82) is 0 Å². The van der Waals surface area contributed by atoms with E-state index in [9.17, 15) is 4.79 Å². The molecule has 1 fully saturated rings. The van der Waals surface area contributed by atoms with Gasteiger partial charge in [-0.1, -0.05) is 13.8 Å². The number of urea groups is 1. The smallest absolute Gasteiger partial charge is 0.317 e. The molecule has 0 aromatic heterocycles. The van der Waals surface area contributed by atoms with Gasteiger partial charge in [-0.2, -0.15) is 0 Å². The maximum Gasteiger partial charge on any atom is 0.317 e. The number of piperazine rings is 1. The van der Waals surface area contributed by atoms with E-state index in [1.165, 1.54) is 0 Å². The van der Waals surface area contributed by atoms with E-state index in [1.54, 1.807) is 7.05 Å². The highest BCUT2D eigenvalue weighted by atomic mass is 16.2. The van der Waals surface area contributed by atoms with Crippen molar-refractivity contribution in [2.45, 2.75) is 13.8 Å². The summed E-state index contributed by atoms with van der Waals surface area (Å²) >= 11 is 0. The lowest BCUT2D eigenvalue weighted by Crippen LogP contribution is -2.49. The molecule has 0 radical (unpaired) electrons. The Morgan fingerprint density at radius 1 is 1.23 bits per heavy atom. The van der Waals surface area contributed by atoms with Crippen LogP contribution in [-0.4, -0.2) is 56.1 Å². The van der Waals surface area contributed by atoms with Crippen LogP contribution in [0.25, 0.3) is 0 Å². The number of hydrogen-bond donors (Lipinski definition) is 1. The number of carbonyl (C=O) groups excluding carboxylic acids is 1. The molecule has 1 N–H and O–H groups in total. The fraction of sp³-hybridized carbons (Fsp3) is 0.889. The number of likely N-dealkylation sites (N-methyl/N-ethyl adjacent to an activating group) is 1. The van der Waals surface area contributed by atoms with Crippen LogP contribution in [0.1, 0.15) is 15.3 Å². The molecular formula is C9H23N3O. The van der Waals surface area contributed by atoms with Gasteiger partial charge >= 0.3 is 6.03 Å². The highest BCUT2D eigenvalue weighted by Crippen LogP contribution is 1.98. The van der Waals surface area contributed by atoms with E-state index in [-0.39, 0.29) is 7.46 Å². The van der Waals surface area contributed by atoms with Crippen LogP contribution in [0.5, 0.6) is 0 Å². The van der Waals surface area contributed by atoms with Crippen LogP contribution >= 0.6 is 0 Å². The molecule has 0 atom stereocenters. The number of nitrogens with zero attached hydrogens (tertiary/aromatic N) is 2. The van der Waals surface area contributed by atoms with Gasteiger partial charge < -0.3 is 15.1 Å². The molecule has 0 spiro atoms. The van der Waals surface area contributed by atoms with Crippen LogP contribution in [-0.2, 0) is 0 Å². The number of carbonyl (C=O) groups is 1. The summed E-state index contributed by atoms with van der Waals surface area (Å²) in [7, 11) is 3.74. The molecule has 4 nitrogen and oxygen atoms in total. The van der Waals surface area contributed by atoms with E-state index in [2.05, 4.69) is 17.3 Å². The van der Waals surface area contributed by atoms with Crippen molar-refractivity contribution in [2.75, 3.05) is 40.3 Å². The van der Waals surface area contributed by atoms with Gasteiger partial charge in [-0.3, -0.25) is 0 Å². The molecule has 0 aliphatic carbocycles. The number of nitrogens with one attached hydrogen (secondary N) is 1. The summed E-state index contributed by atoms with van der Waals surface area (Å²) in [5.41, 5.74) is 0. The van der Waals surface area contributed by atoms with Gasteiger partial charge in [-0.15, -0.1) is 0 Å². The molecule has 80 valence electrons. The second-order valence-electron chi connectivity index (χ2n) is 2.85. The van der Waals surface area contributed by atoms with Gasteiger partial charge in [0.2, 0.25) is 0 Å². The summed E-state index contributed by atoms with van der Waals surface area (Å²) < 4.78 is 0. The Morgan fingerprint density at radius 2 is 1.69 bits per heavy atom.